The van der Waals surface area contributed by atoms with E-state index in [1.807, 2.05) is 25.7 Å². The van der Waals surface area contributed by atoms with Crippen molar-refractivity contribution in [1.82, 2.24) is 10.2 Å². The molecule has 2 unspecified atom stereocenters. The molecule has 0 aromatic rings. The maximum atomic E-state index is 12.3. The van der Waals surface area contributed by atoms with Crippen molar-refractivity contribution in [3.8, 4) is 0 Å². The zero-order chi connectivity index (χ0) is 17.8. The first kappa shape index (κ1) is 19.5. The second-order valence-corrected chi connectivity index (χ2v) is 8.71. The number of aliphatic hydroxyl groups excluding tert-OH is 1. The van der Waals surface area contributed by atoms with E-state index in [-0.39, 0.29) is 12.7 Å². The Morgan fingerprint density at radius 1 is 1.33 bits per heavy atom. The SMILES string of the molecule is CC(CCCO)NC1CCCC12CCN(C(=O)OC(C)(C)C)CC2. The highest BCUT2D eigenvalue weighted by molar-refractivity contribution is 5.68. The molecule has 5 nitrogen and oxygen atoms in total. The lowest BCUT2D eigenvalue weighted by molar-refractivity contribution is 0.00670. The zero-order valence-electron chi connectivity index (χ0n) is 15.9. The molecule has 140 valence electrons. The van der Waals surface area contributed by atoms with E-state index >= 15 is 0 Å². The summed E-state index contributed by atoms with van der Waals surface area (Å²) in [5.74, 6) is 0. The van der Waals surface area contributed by atoms with Crippen LogP contribution in [0.15, 0.2) is 0 Å². The van der Waals surface area contributed by atoms with E-state index in [0.29, 0.717) is 17.5 Å². The maximum Gasteiger partial charge on any atom is 0.410 e. The summed E-state index contributed by atoms with van der Waals surface area (Å²) in [5.41, 5.74) is -0.0855. The van der Waals surface area contributed by atoms with Gasteiger partial charge in [-0.3, -0.25) is 0 Å². The molecule has 1 amide bonds. The lowest BCUT2D eigenvalue weighted by Gasteiger charge is -2.44. The molecule has 24 heavy (non-hydrogen) atoms. The molecule has 0 bridgehead atoms. The van der Waals surface area contributed by atoms with Gasteiger partial charge in [-0.25, -0.2) is 4.79 Å². The van der Waals surface area contributed by atoms with Crippen LogP contribution in [0.3, 0.4) is 0 Å². The largest absolute Gasteiger partial charge is 0.444 e. The first-order valence-electron chi connectivity index (χ1n) is 9.61. The Kier molecular flexibility index (Phi) is 6.54. The van der Waals surface area contributed by atoms with Gasteiger partial charge in [-0.2, -0.15) is 0 Å². The van der Waals surface area contributed by atoms with E-state index in [1.165, 1.54) is 19.3 Å². The molecule has 0 aromatic heterocycles. The Hall–Kier alpha value is -0.810. The minimum atomic E-state index is -0.425. The number of nitrogens with zero attached hydrogens (tertiary/aromatic N) is 1. The number of carbonyl (C=O) groups is 1. The van der Waals surface area contributed by atoms with E-state index < -0.39 is 5.60 Å². The molecule has 1 aliphatic carbocycles. The molecule has 2 rings (SSSR count). The topological polar surface area (TPSA) is 61.8 Å². The number of rotatable bonds is 5. The summed E-state index contributed by atoms with van der Waals surface area (Å²) in [7, 11) is 0. The van der Waals surface area contributed by atoms with Crippen LogP contribution in [0.1, 0.15) is 72.6 Å². The molecule has 0 aromatic carbocycles. The number of ether oxygens (including phenoxy) is 1. The highest BCUT2D eigenvalue weighted by Gasteiger charge is 2.45. The van der Waals surface area contributed by atoms with Gasteiger partial charge in [0.1, 0.15) is 5.60 Å². The highest BCUT2D eigenvalue weighted by Crippen LogP contribution is 2.46. The van der Waals surface area contributed by atoms with Crippen molar-refractivity contribution < 1.29 is 14.6 Å². The van der Waals surface area contributed by atoms with Crippen molar-refractivity contribution >= 4 is 6.09 Å². The van der Waals surface area contributed by atoms with Crippen LogP contribution in [0, 0.1) is 5.41 Å². The fraction of sp³-hybridized carbons (Fsp3) is 0.947. The number of amides is 1. The molecule has 1 aliphatic heterocycles. The van der Waals surface area contributed by atoms with Gasteiger partial charge >= 0.3 is 6.09 Å². The molecule has 2 atom stereocenters. The van der Waals surface area contributed by atoms with Gasteiger partial charge < -0.3 is 20.1 Å². The normalized spacial score (nSPS) is 25.0. The molecule has 2 fully saturated rings. The molecule has 1 saturated carbocycles. The Balaban J connectivity index is 1.87. The third-order valence-corrected chi connectivity index (χ3v) is 5.60. The summed E-state index contributed by atoms with van der Waals surface area (Å²) in [6.45, 7) is 9.85. The van der Waals surface area contributed by atoms with Crippen LogP contribution in [0.2, 0.25) is 0 Å². The summed E-state index contributed by atoms with van der Waals surface area (Å²) >= 11 is 0. The summed E-state index contributed by atoms with van der Waals surface area (Å²) in [5, 5.41) is 12.8. The summed E-state index contributed by atoms with van der Waals surface area (Å²) < 4.78 is 5.51. The third kappa shape index (κ3) is 5.09. The summed E-state index contributed by atoms with van der Waals surface area (Å²) in [6.07, 6.45) is 7.61. The maximum absolute atomic E-state index is 12.3. The average Bonchev–Trinajstić information content (AvgIpc) is 2.86. The molecule has 2 N–H and O–H groups in total. The minimum Gasteiger partial charge on any atom is -0.444 e. The van der Waals surface area contributed by atoms with Gasteiger partial charge in [-0.05, 0) is 71.6 Å². The molecular formula is C19H36N2O3. The minimum absolute atomic E-state index is 0.170. The predicted octanol–water partition coefficient (Wildman–Crippen LogP) is 3.31. The second-order valence-electron chi connectivity index (χ2n) is 8.71. The molecule has 1 spiro atoms. The first-order valence-corrected chi connectivity index (χ1v) is 9.61. The summed E-state index contributed by atoms with van der Waals surface area (Å²) in [4.78, 5) is 14.1. The van der Waals surface area contributed by atoms with Crippen LogP contribution in [-0.2, 0) is 4.74 Å². The van der Waals surface area contributed by atoms with Gasteiger partial charge in [0.2, 0.25) is 0 Å². The summed E-state index contributed by atoms with van der Waals surface area (Å²) in [6, 6.07) is 0.994. The van der Waals surface area contributed by atoms with Crippen molar-refractivity contribution in [2.24, 2.45) is 5.41 Å². The van der Waals surface area contributed by atoms with Crippen molar-refractivity contribution in [1.29, 1.82) is 0 Å². The lowest BCUT2D eigenvalue weighted by Crippen LogP contribution is -2.52. The van der Waals surface area contributed by atoms with E-state index in [2.05, 4.69) is 12.2 Å². The van der Waals surface area contributed by atoms with Crippen molar-refractivity contribution in [3.05, 3.63) is 0 Å². The molecule has 1 heterocycles. The molecule has 5 heteroatoms. The molecular weight excluding hydrogens is 304 g/mol. The Bertz CT molecular complexity index is 411. The van der Waals surface area contributed by atoms with Crippen molar-refractivity contribution in [3.63, 3.8) is 0 Å². The van der Waals surface area contributed by atoms with E-state index in [1.54, 1.807) is 0 Å². The average molecular weight is 341 g/mol. The fourth-order valence-electron chi connectivity index (χ4n) is 4.28. The third-order valence-electron chi connectivity index (χ3n) is 5.60. The quantitative estimate of drug-likeness (QED) is 0.806. The fourth-order valence-corrected chi connectivity index (χ4v) is 4.28. The van der Waals surface area contributed by atoms with Crippen LogP contribution in [0.5, 0.6) is 0 Å². The van der Waals surface area contributed by atoms with Gasteiger partial charge in [0.05, 0.1) is 0 Å². The van der Waals surface area contributed by atoms with Crippen LogP contribution in [0.4, 0.5) is 4.79 Å². The van der Waals surface area contributed by atoms with Gasteiger partial charge in [0.15, 0.2) is 0 Å². The Morgan fingerprint density at radius 3 is 2.58 bits per heavy atom. The highest BCUT2D eigenvalue weighted by atomic mass is 16.6. The molecule has 0 radical (unpaired) electrons. The van der Waals surface area contributed by atoms with Crippen LogP contribution >= 0.6 is 0 Å². The van der Waals surface area contributed by atoms with Crippen LogP contribution in [-0.4, -0.2) is 53.5 Å². The monoisotopic (exact) mass is 340 g/mol. The van der Waals surface area contributed by atoms with Crippen LogP contribution in [0.25, 0.3) is 0 Å². The van der Waals surface area contributed by atoms with Gasteiger partial charge in [0.25, 0.3) is 0 Å². The number of likely N-dealkylation sites (tertiary alicyclic amines) is 1. The number of nitrogens with one attached hydrogen (secondary N) is 1. The van der Waals surface area contributed by atoms with Gasteiger partial charge in [-0.1, -0.05) is 6.42 Å². The smallest absolute Gasteiger partial charge is 0.410 e. The van der Waals surface area contributed by atoms with Crippen molar-refractivity contribution in [2.75, 3.05) is 19.7 Å². The number of carbonyl (C=O) groups excluding carboxylic acids is 1. The molecule has 1 saturated heterocycles. The van der Waals surface area contributed by atoms with E-state index in [9.17, 15) is 4.79 Å². The Labute approximate surface area is 147 Å². The van der Waals surface area contributed by atoms with Gasteiger partial charge in [0, 0.05) is 31.8 Å². The molecule has 2 aliphatic rings. The second kappa shape index (κ2) is 8.05. The standard InChI is InChI=1S/C19H36N2O3/c1-15(7-6-14-22)20-16-8-5-9-19(16)10-12-21(13-11-19)17(23)24-18(2,3)4/h15-16,20,22H,5-14H2,1-4H3. The van der Waals surface area contributed by atoms with Crippen molar-refractivity contribution in [2.45, 2.75) is 90.3 Å². The van der Waals surface area contributed by atoms with Gasteiger partial charge in [-0.15, -0.1) is 0 Å². The number of hydrogen-bond donors (Lipinski definition) is 2. The van der Waals surface area contributed by atoms with Crippen LogP contribution < -0.4 is 5.32 Å². The van der Waals surface area contributed by atoms with E-state index in [0.717, 1.165) is 38.8 Å². The van der Waals surface area contributed by atoms with E-state index in [4.69, 9.17) is 9.84 Å². The number of piperidine rings is 1. The predicted molar refractivity (Wildman–Crippen MR) is 96.0 cm³/mol. The lowest BCUT2D eigenvalue weighted by atomic mass is 9.74. The first-order chi connectivity index (χ1) is 11.3. The zero-order valence-corrected chi connectivity index (χ0v) is 15.9. The Morgan fingerprint density at radius 2 is 2.00 bits per heavy atom. The number of hydrogen-bond acceptors (Lipinski definition) is 4. The number of aliphatic hydroxyl groups is 1.